The van der Waals surface area contributed by atoms with Crippen LogP contribution in [-0.4, -0.2) is 35.0 Å². The number of fused-ring (bicyclic) bond motifs is 2. The molecule has 1 aliphatic heterocycles. The van der Waals surface area contributed by atoms with Crippen molar-refractivity contribution in [2.75, 3.05) is 24.2 Å². The molecule has 3 N–H and O–H groups in total. The number of anilines is 2. The van der Waals surface area contributed by atoms with E-state index in [9.17, 15) is 4.79 Å². The first-order valence-electron chi connectivity index (χ1n) is 9.96. The van der Waals surface area contributed by atoms with Gasteiger partial charge in [-0.05, 0) is 44.5 Å². The molecule has 6 nitrogen and oxygen atoms in total. The molecule has 0 radical (unpaired) electrons. The van der Waals surface area contributed by atoms with Crippen molar-refractivity contribution in [1.29, 1.82) is 0 Å². The van der Waals surface area contributed by atoms with Gasteiger partial charge in [-0.1, -0.05) is 12.1 Å². The molecule has 1 aliphatic rings. The SMILES string of the molecule is CCOc1ccccc1NC(=O)c1sc2nc3c(cc2c1N)CN(C(C)C)CC3. The van der Waals surface area contributed by atoms with Gasteiger partial charge in [0, 0.05) is 36.6 Å². The summed E-state index contributed by atoms with van der Waals surface area (Å²) in [4.78, 5) is 21.5. The lowest BCUT2D eigenvalue weighted by atomic mass is 10.0. The van der Waals surface area contributed by atoms with E-state index in [1.165, 1.54) is 16.9 Å². The van der Waals surface area contributed by atoms with Crippen LogP contribution in [0.1, 0.15) is 41.7 Å². The van der Waals surface area contributed by atoms with E-state index in [4.69, 9.17) is 15.5 Å². The third-order valence-corrected chi connectivity index (χ3v) is 6.38. The fraction of sp³-hybridized carbons (Fsp3) is 0.364. The Morgan fingerprint density at radius 1 is 1.38 bits per heavy atom. The molecule has 0 unspecified atom stereocenters. The minimum atomic E-state index is -0.237. The van der Waals surface area contributed by atoms with Crippen molar-refractivity contribution >= 4 is 38.8 Å². The molecule has 152 valence electrons. The highest BCUT2D eigenvalue weighted by atomic mass is 32.1. The first-order valence-corrected chi connectivity index (χ1v) is 10.8. The maximum absolute atomic E-state index is 13.0. The van der Waals surface area contributed by atoms with Gasteiger partial charge in [0.15, 0.2) is 0 Å². The largest absolute Gasteiger partial charge is 0.492 e. The maximum Gasteiger partial charge on any atom is 0.268 e. The van der Waals surface area contributed by atoms with Crippen LogP contribution in [0.4, 0.5) is 11.4 Å². The molecule has 1 amide bonds. The molecule has 29 heavy (non-hydrogen) atoms. The number of thiophene rings is 1. The van der Waals surface area contributed by atoms with Crippen molar-refractivity contribution < 1.29 is 9.53 Å². The van der Waals surface area contributed by atoms with Crippen LogP contribution in [0.15, 0.2) is 30.3 Å². The topological polar surface area (TPSA) is 80.5 Å². The number of rotatable bonds is 5. The lowest BCUT2D eigenvalue weighted by molar-refractivity contribution is 0.103. The van der Waals surface area contributed by atoms with E-state index >= 15 is 0 Å². The zero-order valence-electron chi connectivity index (χ0n) is 17.0. The summed E-state index contributed by atoms with van der Waals surface area (Å²) in [5.41, 5.74) is 9.83. The van der Waals surface area contributed by atoms with Gasteiger partial charge in [-0.3, -0.25) is 9.69 Å². The van der Waals surface area contributed by atoms with Gasteiger partial charge in [0.1, 0.15) is 15.5 Å². The van der Waals surface area contributed by atoms with Crippen molar-refractivity contribution in [3.8, 4) is 5.75 Å². The molecule has 0 aliphatic carbocycles. The molecule has 0 saturated carbocycles. The normalized spacial score (nSPS) is 14.2. The molecule has 0 fully saturated rings. The second kappa shape index (κ2) is 8.00. The standard InChI is InChI=1S/C22H26N4O2S/c1-4-28-18-8-6-5-7-17(18)24-21(27)20-19(23)15-11-14-12-26(13(2)3)10-9-16(14)25-22(15)29-20/h5-8,11,13H,4,9-10,12,23H2,1-3H3,(H,24,27). The minimum absolute atomic E-state index is 0.237. The average molecular weight is 411 g/mol. The highest BCUT2D eigenvalue weighted by molar-refractivity contribution is 7.21. The van der Waals surface area contributed by atoms with Crippen LogP contribution in [0.2, 0.25) is 0 Å². The minimum Gasteiger partial charge on any atom is -0.492 e. The molecule has 0 saturated heterocycles. The quantitative estimate of drug-likeness (QED) is 0.656. The molecule has 3 heterocycles. The number of amides is 1. The van der Waals surface area contributed by atoms with Crippen LogP contribution in [0.3, 0.4) is 0 Å². The second-order valence-electron chi connectivity index (χ2n) is 7.49. The first-order chi connectivity index (χ1) is 14.0. The van der Waals surface area contributed by atoms with E-state index in [0.717, 1.165) is 35.4 Å². The number of nitrogen functional groups attached to an aromatic ring is 1. The number of ether oxygens (including phenoxy) is 1. The first kappa shape index (κ1) is 19.7. The molecule has 0 bridgehead atoms. The molecule has 0 spiro atoms. The average Bonchev–Trinajstić information content (AvgIpc) is 3.03. The molecule has 7 heteroatoms. The lowest BCUT2D eigenvalue weighted by Gasteiger charge is -2.31. The third kappa shape index (κ3) is 3.80. The van der Waals surface area contributed by atoms with Gasteiger partial charge in [0.2, 0.25) is 0 Å². The van der Waals surface area contributed by atoms with Gasteiger partial charge in [-0.25, -0.2) is 4.98 Å². The number of benzene rings is 1. The zero-order valence-corrected chi connectivity index (χ0v) is 17.8. The number of pyridine rings is 1. The van der Waals surface area contributed by atoms with Crippen LogP contribution in [0.25, 0.3) is 10.2 Å². The Kier molecular flexibility index (Phi) is 5.43. The number of hydrogen-bond acceptors (Lipinski definition) is 6. The highest BCUT2D eigenvalue weighted by Crippen LogP contribution is 2.36. The summed E-state index contributed by atoms with van der Waals surface area (Å²) in [7, 11) is 0. The summed E-state index contributed by atoms with van der Waals surface area (Å²) in [5, 5.41) is 3.80. The van der Waals surface area contributed by atoms with Crippen molar-refractivity contribution in [3.05, 3.63) is 46.5 Å². The number of hydrogen-bond donors (Lipinski definition) is 2. The monoisotopic (exact) mass is 410 g/mol. The number of carbonyl (C=O) groups excluding carboxylic acids is 1. The Labute approximate surface area is 174 Å². The summed E-state index contributed by atoms with van der Waals surface area (Å²) < 4.78 is 5.60. The Morgan fingerprint density at radius 2 is 2.17 bits per heavy atom. The summed E-state index contributed by atoms with van der Waals surface area (Å²) >= 11 is 1.35. The van der Waals surface area contributed by atoms with Crippen molar-refractivity contribution in [2.24, 2.45) is 0 Å². The fourth-order valence-electron chi connectivity index (χ4n) is 3.66. The van der Waals surface area contributed by atoms with Gasteiger partial charge >= 0.3 is 0 Å². The van der Waals surface area contributed by atoms with Gasteiger partial charge in [-0.2, -0.15) is 0 Å². The molecule has 0 atom stereocenters. The fourth-order valence-corrected chi connectivity index (χ4v) is 4.65. The summed E-state index contributed by atoms with van der Waals surface area (Å²) in [6.45, 7) is 8.73. The summed E-state index contributed by atoms with van der Waals surface area (Å²) in [6.07, 6.45) is 0.921. The number of nitrogens with one attached hydrogen (secondary N) is 1. The molecule has 1 aromatic carbocycles. The Morgan fingerprint density at radius 3 is 2.93 bits per heavy atom. The van der Waals surface area contributed by atoms with Gasteiger partial charge in [-0.15, -0.1) is 11.3 Å². The number of carbonyl (C=O) groups is 1. The molecular weight excluding hydrogens is 384 g/mol. The summed E-state index contributed by atoms with van der Waals surface area (Å²) in [5.74, 6) is 0.407. The van der Waals surface area contributed by atoms with Gasteiger partial charge in [0.25, 0.3) is 5.91 Å². The van der Waals surface area contributed by atoms with E-state index in [0.29, 0.717) is 34.7 Å². The van der Waals surface area contributed by atoms with Crippen LogP contribution in [0.5, 0.6) is 5.75 Å². The zero-order chi connectivity index (χ0) is 20.5. The third-order valence-electron chi connectivity index (χ3n) is 5.27. The lowest BCUT2D eigenvalue weighted by Crippen LogP contribution is -2.36. The van der Waals surface area contributed by atoms with E-state index in [-0.39, 0.29) is 5.91 Å². The highest BCUT2D eigenvalue weighted by Gasteiger charge is 2.24. The van der Waals surface area contributed by atoms with Crippen LogP contribution >= 0.6 is 11.3 Å². The van der Waals surface area contributed by atoms with Crippen molar-refractivity contribution in [3.63, 3.8) is 0 Å². The smallest absolute Gasteiger partial charge is 0.268 e. The predicted octanol–water partition coefficient (Wildman–Crippen LogP) is 4.30. The van der Waals surface area contributed by atoms with Crippen molar-refractivity contribution in [2.45, 2.75) is 39.8 Å². The maximum atomic E-state index is 13.0. The van der Waals surface area contributed by atoms with Crippen LogP contribution < -0.4 is 15.8 Å². The van der Waals surface area contributed by atoms with E-state index in [1.54, 1.807) is 0 Å². The molecular formula is C22H26N4O2S. The van der Waals surface area contributed by atoms with E-state index in [2.05, 4.69) is 30.1 Å². The molecule has 2 aromatic heterocycles. The van der Waals surface area contributed by atoms with Gasteiger partial charge < -0.3 is 15.8 Å². The van der Waals surface area contributed by atoms with Crippen molar-refractivity contribution in [1.82, 2.24) is 9.88 Å². The molecule has 3 aromatic rings. The summed E-state index contributed by atoms with van der Waals surface area (Å²) in [6, 6.07) is 10.0. The van der Waals surface area contributed by atoms with Gasteiger partial charge in [0.05, 0.1) is 18.0 Å². The Bertz CT molecular complexity index is 1060. The van der Waals surface area contributed by atoms with E-state index in [1.807, 2.05) is 31.2 Å². The number of nitrogens with zero attached hydrogens (tertiary/aromatic N) is 2. The Balaban J connectivity index is 1.65. The second-order valence-corrected chi connectivity index (χ2v) is 8.49. The predicted molar refractivity (Wildman–Crippen MR) is 119 cm³/mol. The van der Waals surface area contributed by atoms with E-state index < -0.39 is 0 Å². The number of para-hydroxylation sites is 2. The van der Waals surface area contributed by atoms with Crippen LogP contribution in [0, 0.1) is 0 Å². The Hall–Kier alpha value is -2.64. The number of nitrogens with two attached hydrogens (primary N) is 1. The molecule has 4 rings (SSSR count). The van der Waals surface area contributed by atoms with Crippen LogP contribution in [-0.2, 0) is 13.0 Å². The number of aromatic nitrogens is 1.